The molecule has 0 amide bonds. The molecule has 224 valence electrons. The van der Waals surface area contributed by atoms with Crippen LogP contribution in [0, 0.1) is 12.7 Å². The molecule has 43 heavy (non-hydrogen) atoms. The lowest BCUT2D eigenvalue weighted by Gasteiger charge is -2.27. The van der Waals surface area contributed by atoms with E-state index in [4.69, 9.17) is 4.74 Å². The first-order valence-corrected chi connectivity index (χ1v) is 16.2. The van der Waals surface area contributed by atoms with Crippen LogP contribution in [0.2, 0.25) is 0 Å². The van der Waals surface area contributed by atoms with Crippen molar-refractivity contribution < 1.29 is 14.2 Å². The number of aliphatic hydroxyl groups is 1. The van der Waals surface area contributed by atoms with Crippen LogP contribution in [0.5, 0.6) is 0 Å². The lowest BCUT2D eigenvalue weighted by atomic mass is 9.79. The number of halogens is 1. The second-order valence-electron chi connectivity index (χ2n) is 12.9. The third kappa shape index (κ3) is 6.08. The highest BCUT2D eigenvalue weighted by Gasteiger charge is 2.40. The Morgan fingerprint density at radius 1 is 0.791 bits per heavy atom. The van der Waals surface area contributed by atoms with E-state index in [1.807, 2.05) is 13.0 Å². The molecule has 2 aliphatic carbocycles. The zero-order valence-corrected chi connectivity index (χ0v) is 26.0. The smallest absolute Gasteiger partial charge is 0.123 e. The molecule has 0 aromatic heterocycles. The summed E-state index contributed by atoms with van der Waals surface area (Å²) in [6.07, 6.45) is 5.96. The van der Waals surface area contributed by atoms with Gasteiger partial charge < -0.3 is 9.84 Å². The maximum atomic E-state index is 13.7. The van der Waals surface area contributed by atoms with Crippen LogP contribution in [0.4, 0.5) is 4.39 Å². The standard InChI is InChI=1S/C20H23FO.C20H22O/c1-3-17(22)12-20-13(2)19-11-16(21)9-8-15(19)10-14-6-4-5-7-18(14)20;1-3-16-12-19-17-7-5-4-6-14(17)11-15-9-8-13(2)10-18(15)20(19)21-16/h4-9,11,13,17,20,22H,3,10,12H2,1-2H3;4-10,16,19-20H,3,11-12H2,1-2H3/t13-,17-,20-;16-,19+,20+/m11/s1. The van der Waals surface area contributed by atoms with Crippen LogP contribution in [-0.4, -0.2) is 17.3 Å². The van der Waals surface area contributed by atoms with E-state index in [1.54, 1.807) is 12.1 Å². The molecule has 2 nitrogen and oxygen atoms in total. The van der Waals surface area contributed by atoms with Gasteiger partial charge in [-0.05, 0) is 114 Å². The molecule has 1 saturated heterocycles. The second-order valence-corrected chi connectivity index (χ2v) is 12.9. The number of fused-ring (bicyclic) bond motifs is 7. The maximum Gasteiger partial charge on any atom is 0.123 e. The molecule has 0 bridgehead atoms. The predicted octanol–water partition coefficient (Wildman–Crippen LogP) is 9.70. The highest BCUT2D eigenvalue weighted by atomic mass is 19.1. The van der Waals surface area contributed by atoms with Gasteiger partial charge in [0.2, 0.25) is 0 Å². The van der Waals surface area contributed by atoms with E-state index in [0.29, 0.717) is 12.0 Å². The second kappa shape index (κ2) is 12.8. The lowest BCUT2D eigenvalue weighted by molar-refractivity contribution is 0.0388. The van der Waals surface area contributed by atoms with Crippen LogP contribution in [0.3, 0.4) is 0 Å². The van der Waals surface area contributed by atoms with Crippen molar-refractivity contribution in [1.82, 2.24) is 0 Å². The average Bonchev–Trinajstić information content (AvgIpc) is 3.36. The van der Waals surface area contributed by atoms with Gasteiger partial charge in [0.1, 0.15) is 5.82 Å². The van der Waals surface area contributed by atoms with Crippen LogP contribution >= 0.6 is 0 Å². The minimum Gasteiger partial charge on any atom is -0.393 e. The fourth-order valence-electron chi connectivity index (χ4n) is 7.70. The molecule has 1 heterocycles. The van der Waals surface area contributed by atoms with Crippen molar-refractivity contribution in [1.29, 1.82) is 0 Å². The Bertz CT molecular complexity index is 1570. The molecular formula is C40H45FO2. The first-order chi connectivity index (χ1) is 20.9. The van der Waals surface area contributed by atoms with E-state index < -0.39 is 0 Å². The third-order valence-corrected chi connectivity index (χ3v) is 10.2. The quantitative estimate of drug-likeness (QED) is 0.262. The fraction of sp³-hybridized carbons (Fsp3) is 0.400. The number of rotatable bonds is 4. The van der Waals surface area contributed by atoms with Crippen molar-refractivity contribution in [2.24, 2.45) is 0 Å². The van der Waals surface area contributed by atoms with Crippen LogP contribution in [0.15, 0.2) is 84.9 Å². The molecule has 6 atom stereocenters. The maximum absolute atomic E-state index is 13.7. The van der Waals surface area contributed by atoms with Gasteiger partial charge in [-0.3, -0.25) is 0 Å². The Kier molecular flexibility index (Phi) is 8.84. The molecule has 1 aliphatic heterocycles. The van der Waals surface area contributed by atoms with E-state index >= 15 is 0 Å². The number of hydrogen-bond donors (Lipinski definition) is 1. The number of aliphatic hydroxyl groups excluding tert-OH is 1. The summed E-state index contributed by atoms with van der Waals surface area (Å²) in [6.45, 7) is 8.58. The van der Waals surface area contributed by atoms with Crippen molar-refractivity contribution in [2.45, 2.75) is 102 Å². The van der Waals surface area contributed by atoms with Crippen LogP contribution in [-0.2, 0) is 17.6 Å². The average molecular weight is 577 g/mol. The van der Waals surface area contributed by atoms with Crippen LogP contribution in [0.1, 0.15) is 120 Å². The molecule has 4 aromatic rings. The monoisotopic (exact) mass is 576 g/mol. The summed E-state index contributed by atoms with van der Waals surface area (Å²) in [5, 5.41) is 10.2. The largest absolute Gasteiger partial charge is 0.393 e. The topological polar surface area (TPSA) is 29.5 Å². The van der Waals surface area contributed by atoms with E-state index in [-0.39, 0.29) is 29.9 Å². The molecule has 0 spiro atoms. The minimum atomic E-state index is -0.310. The van der Waals surface area contributed by atoms with Gasteiger partial charge in [0, 0.05) is 5.92 Å². The van der Waals surface area contributed by atoms with Gasteiger partial charge in [0.05, 0.1) is 18.3 Å². The van der Waals surface area contributed by atoms with Gasteiger partial charge in [0.15, 0.2) is 0 Å². The zero-order valence-electron chi connectivity index (χ0n) is 26.0. The highest BCUT2D eigenvalue weighted by Crippen LogP contribution is 2.50. The van der Waals surface area contributed by atoms with E-state index in [9.17, 15) is 9.50 Å². The molecule has 1 fully saturated rings. The van der Waals surface area contributed by atoms with Crippen molar-refractivity contribution in [3.05, 3.63) is 141 Å². The summed E-state index contributed by atoms with van der Waals surface area (Å²) in [7, 11) is 0. The Hall–Kier alpha value is -3.27. The predicted molar refractivity (Wildman–Crippen MR) is 173 cm³/mol. The Balaban J connectivity index is 0.000000153. The Morgan fingerprint density at radius 3 is 2.14 bits per heavy atom. The van der Waals surface area contributed by atoms with E-state index in [2.05, 4.69) is 87.5 Å². The molecule has 3 aliphatic rings. The van der Waals surface area contributed by atoms with Gasteiger partial charge >= 0.3 is 0 Å². The minimum absolute atomic E-state index is 0.175. The van der Waals surface area contributed by atoms with Gasteiger partial charge in [-0.15, -0.1) is 0 Å². The molecule has 3 heteroatoms. The first-order valence-electron chi connectivity index (χ1n) is 16.2. The summed E-state index contributed by atoms with van der Waals surface area (Å²) < 4.78 is 20.2. The van der Waals surface area contributed by atoms with Crippen LogP contribution in [0.25, 0.3) is 0 Å². The molecule has 0 radical (unpaired) electrons. The summed E-state index contributed by atoms with van der Waals surface area (Å²) in [4.78, 5) is 0. The fourth-order valence-corrected chi connectivity index (χ4v) is 7.70. The summed E-state index contributed by atoms with van der Waals surface area (Å²) in [5.41, 5.74) is 12.1. The highest BCUT2D eigenvalue weighted by molar-refractivity contribution is 5.47. The normalized spacial score (nSPS) is 24.1. The zero-order chi connectivity index (χ0) is 30.1. The number of hydrogen-bond acceptors (Lipinski definition) is 2. The number of benzene rings is 4. The van der Waals surface area contributed by atoms with Gasteiger partial charge in [-0.1, -0.05) is 99.1 Å². The summed E-state index contributed by atoms with van der Waals surface area (Å²) in [5.74, 6) is 0.783. The van der Waals surface area contributed by atoms with E-state index in [1.165, 1.54) is 44.5 Å². The lowest BCUT2D eigenvalue weighted by Crippen LogP contribution is -2.16. The molecule has 4 aromatic carbocycles. The van der Waals surface area contributed by atoms with Gasteiger partial charge in [-0.2, -0.15) is 0 Å². The van der Waals surface area contributed by atoms with Crippen molar-refractivity contribution in [3.8, 4) is 0 Å². The van der Waals surface area contributed by atoms with Crippen molar-refractivity contribution >= 4 is 0 Å². The summed E-state index contributed by atoms with van der Waals surface area (Å²) in [6, 6.07) is 29.4. The third-order valence-electron chi connectivity index (χ3n) is 10.2. The number of aryl methyl sites for hydroxylation is 1. The van der Waals surface area contributed by atoms with Gasteiger partial charge in [-0.25, -0.2) is 4.39 Å². The molecule has 0 unspecified atom stereocenters. The van der Waals surface area contributed by atoms with Crippen LogP contribution < -0.4 is 0 Å². The van der Waals surface area contributed by atoms with E-state index in [0.717, 1.165) is 44.1 Å². The molecule has 0 saturated carbocycles. The van der Waals surface area contributed by atoms with Crippen molar-refractivity contribution in [3.63, 3.8) is 0 Å². The van der Waals surface area contributed by atoms with Gasteiger partial charge in [0.25, 0.3) is 0 Å². The Labute approximate surface area is 257 Å². The molecular weight excluding hydrogens is 531 g/mol. The number of ether oxygens (including phenoxy) is 1. The first kappa shape index (κ1) is 29.8. The van der Waals surface area contributed by atoms with Crippen molar-refractivity contribution in [2.75, 3.05) is 0 Å². The SMILES string of the molecule is CC[C@@H](O)C[C@H]1c2ccccc2Cc2ccc(F)cc2[C@H]1C.CC[C@@H]1C[C@H]2c3ccccc3Cc3ccc(C)cc3[C@@H]2O1. The Morgan fingerprint density at radius 2 is 1.42 bits per heavy atom. The summed E-state index contributed by atoms with van der Waals surface area (Å²) >= 11 is 0. The molecule has 1 N–H and O–H groups in total. The molecule has 7 rings (SSSR count).